The molecule has 2 aromatic rings. The van der Waals surface area contributed by atoms with Gasteiger partial charge in [0.2, 0.25) is 0 Å². The van der Waals surface area contributed by atoms with Crippen molar-refractivity contribution >= 4 is 21.6 Å². The average molecular weight is 388 g/mol. The Kier molecular flexibility index (Phi) is 5.53. The number of rotatable bonds is 5. The smallest absolute Gasteiger partial charge is 0.264 e. The number of hydrogen-bond acceptors (Lipinski definition) is 4. The molecule has 0 radical (unpaired) electrons. The van der Waals surface area contributed by atoms with Crippen molar-refractivity contribution in [2.24, 2.45) is 11.7 Å². The van der Waals surface area contributed by atoms with Crippen LogP contribution < -0.4 is 10.0 Å². The molecule has 1 aliphatic heterocycles. The first-order valence-electron chi connectivity index (χ1n) is 8.99. The highest BCUT2D eigenvalue weighted by atomic mass is 32.2. The van der Waals surface area contributed by atoms with E-state index >= 15 is 0 Å². The summed E-state index contributed by atoms with van der Waals surface area (Å²) in [6, 6.07) is 15.1. The summed E-state index contributed by atoms with van der Waals surface area (Å²) in [6.07, 6.45) is 0.899. The maximum absolute atomic E-state index is 12.8. The zero-order chi connectivity index (χ0) is 19.6. The predicted octanol–water partition coefficient (Wildman–Crippen LogP) is 2.32. The highest BCUT2D eigenvalue weighted by molar-refractivity contribution is 7.92. The lowest BCUT2D eigenvalue weighted by Gasteiger charge is -2.22. The van der Waals surface area contributed by atoms with Gasteiger partial charge in [-0.15, -0.1) is 0 Å². The Bertz CT molecular complexity index is 898. The Morgan fingerprint density at radius 3 is 2.33 bits per heavy atom. The Hall–Kier alpha value is -2.38. The third-order valence-electron chi connectivity index (χ3n) is 5.14. The monoisotopic (exact) mass is 387 g/mol. The molecular formula is C20H25N3O3S. The largest absolute Gasteiger partial charge is 0.336 e. The molecule has 7 heteroatoms. The van der Waals surface area contributed by atoms with E-state index in [0.717, 1.165) is 6.42 Å². The summed E-state index contributed by atoms with van der Waals surface area (Å²) in [5.41, 5.74) is 6.80. The molecule has 1 aliphatic rings. The Morgan fingerprint density at radius 1 is 1.15 bits per heavy atom. The summed E-state index contributed by atoms with van der Waals surface area (Å²) in [4.78, 5) is 14.7. The molecule has 0 spiro atoms. The molecule has 2 aromatic carbocycles. The van der Waals surface area contributed by atoms with E-state index < -0.39 is 10.0 Å². The van der Waals surface area contributed by atoms with E-state index in [1.807, 2.05) is 17.9 Å². The van der Waals surface area contributed by atoms with E-state index in [-0.39, 0.29) is 16.8 Å². The topological polar surface area (TPSA) is 83.7 Å². The molecule has 144 valence electrons. The van der Waals surface area contributed by atoms with Crippen molar-refractivity contribution in [3.63, 3.8) is 0 Å². The lowest BCUT2D eigenvalue weighted by molar-refractivity contribution is 0.0743. The van der Waals surface area contributed by atoms with Crippen LogP contribution in [0.1, 0.15) is 23.7 Å². The third-order valence-corrected chi connectivity index (χ3v) is 6.93. The molecule has 2 N–H and O–H groups in total. The zero-order valence-corrected chi connectivity index (χ0v) is 16.4. The van der Waals surface area contributed by atoms with Crippen molar-refractivity contribution in [3.05, 3.63) is 60.2 Å². The molecule has 1 heterocycles. The number of anilines is 1. The van der Waals surface area contributed by atoms with E-state index in [2.05, 4.69) is 0 Å². The second-order valence-corrected chi connectivity index (χ2v) is 8.95. The number of benzene rings is 2. The number of carbonyl (C=O) groups is 1. The zero-order valence-electron chi connectivity index (χ0n) is 15.6. The second-order valence-electron chi connectivity index (χ2n) is 6.98. The SMILES string of the molecule is CC1CC(CN)CN1C(=O)c1ccc(S(=O)(=O)N(C)c2ccccc2)cc1. The minimum atomic E-state index is -3.69. The molecule has 1 amide bonds. The fourth-order valence-electron chi connectivity index (χ4n) is 3.47. The lowest BCUT2D eigenvalue weighted by atomic mass is 10.1. The van der Waals surface area contributed by atoms with Gasteiger partial charge in [0.25, 0.3) is 15.9 Å². The number of para-hydroxylation sites is 1. The Balaban J connectivity index is 1.80. The molecule has 0 aromatic heterocycles. The van der Waals surface area contributed by atoms with Gasteiger partial charge in [0.05, 0.1) is 10.6 Å². The van der Waals surface area contributed by atoms with E-state index in [4.69, 9.17) is 5.73 Å². The van der Waals surface area contributed by atoms with Gasteiger partial charge >= 0.3 is 0 Å². The van der Waals surface area contributed by atoms with Gasteiger partial charge in [-0.1, -0.05) is 18.2 Å². The van der Waals surface area contributed by atoms with Gasteiger partial charge in [-0.05, 0) is 62.2 Å². The van der Waals surface area contributed by atoms with E-state index in [1.54, 1.807) is 36.4 Å². The number of hydrogen-bond donors (Lipinski definition) is 1. The van der Waals surface area contributed by atoms with Gasteiger partial charge in [0, 0.05) is 25.2 Å². The minimum absolute atomic E-state index is 0.0844. The highest BCUT2D eigenvalue weighted by Gasteiger charge is 2.32. The highest BCUT2D eigenvalue weighted by Crippen LogP contribution is 2.26. The molecule has 0 saturated carbocycles. The number of likely N-dealkylation sites (tertiary alicyclic amines) is 1. The summed E-state index contributed by atoms with van der Waals surface area (Å²) >= 11 is 0. The fraction of sp³-hybridized carbons (Fsp3) is 0.350. The van der Waals surface area contributed by atoms with E-state index in [0.29, 0.717) is 30.3 Å². The number of nitrogens with two attached hydrogens (primary N) is 1. The van der Waals surface area contributed by atoms with Crippen molar-refractivity contribution in [2.45, 2.75) is 24.3 Å². The first-order valence-corrected chi connectivity index (χ1v) is 10.4. The quantitative estimate of drug-likeness (QED) is 0.853. The van der Waals surface area contributed by atoms with Gasteiger partial charge in [-0.3, -0.25) is 9.10 Å². The molecule has 0 aliphatic carbocycles. The third kappa shape index (κ3) is 3.84. The number of carbonyl (C=O) groups excluding carboxylic acids is 1. The number of nitrogens with zero attached hydrogens (tertiary/aromatic N) is 2. The normalized spacial score (nSPS) is 19.9. The van der Waals surface area contributed by atoms with Gasteiger partial charge in [-0.25, -0.2) is 8.42 Å². The summed E-state index contributed by atoms with van der Waals surface area (Å²) < 4.78 is 26.9. The standard InChI is InChI=1S/C20H25N3O3S/c1-15-12-16(13-21)14-23(15)20(24)17-8-10-19(11-9-17)27(25,26)22(2)18-6-4-3-5-7-18/h3-11,15-16H,12-14,21H2,1-2H3. The summed E-state index contributed by atoms with van der Waals surface area (Å²) in [5, 5.41) is 0. The molecule has 2 unspecified atom stereocenters. The average Bonchev–Trinajstić information content (AvgIpc) is 3.08. The number of sulfonamides is 1. The maximum atomic E-state index is 12.8. The van der Waals surface area contributed by atoms with Crippen molar-refractivity contribution in [2.75, 3.05) is 24.4 Å². The van der Waals surface area contributed by atoms with Crippen LogP contribution in [0.4, 0.5) is 5.69 Å². The Labute approximate surface area is 160 Å². The molecule has 6 nitrogen and oxygen atoms in total. The van der Waals surface area contributed by atoms with Crippen LogP contribution in [0.25, 0.3) is 0 Å². The van der Waals surface area contributed by atoms with Crippen LogP contribution in [0.3, 0.4) is 0 Å². The van der Waals surface area contributed by atoms with Crippen LogP contribution in [0, 0.1) is 5.92 Å². The fourth-order valence-corrected chi connectivity index (χ4v) is 4.66. The molecule has 2 atom stereocenters. The van der Waals surface area contributed by atoms with Crippen LogP contribution in [0.15, 0.2) is 59.5 Å². The summed E-state index contributed by atoms with van der Waals surface area (Å²) in [7, 11) is -2.17. The van der Waals surface area contributed by atoms with E-state index in [9.17, 15) is 13.2 Å². The van der Waals surface area contributed by atoms with Crippen molar-refractivity contribution in [1.82, 2.24) is 4.90 Å². The van der Waals surface area contributed by atoms with Crippen molar-refractivity contribution in [3.8, 4) is 0 Å². The first kappa shape index (κ1) is 19.4. The Morgan fingerprint density at radius 2 is 1.78 bits per heavy atom. The van der Waals surface area contributed by atoms with Gasteiger partial charge < -0.3 is 10.6 Å². The molecular weight excluding hydrogens is 362 g/mol. The summed E-state index contributed by atoms with van der Waals surface area (Å²) in [6.45, 7) is 3.23. The van der Waals surface area contributed by atoms with Crippen LogP contribution >= 0.6 is 0 Å². The summed E-state index contributed by atoms with van der Waals surface area (Å²) in [5.74, 6) is 0.238. The lowest BCUT2D eigenvalue weighted by Crippen LogP contribution is -2.34. The van der Waals surface area contributed by atoms with Crippen molar-refractivity contribution in [1.29, 1.82) is 0 Å². The molecule has 3 rings (SSSR count). The number of amides is 1. The van der Waals surface area contributed by atoms with Crippen LogP contribution in [-0.2, 0) is 10.0 Å². The first-order chi connectivity index (χ1) is 12.8. The maximum Gasteiger partial charge on any atom is 0.264 e. The molecule has 1 fully saturated rings. The van der Waals surface area contributed by atoms with Gasteiger partial charge in [0.15, 0.2) is 0 Å². The molecule has 1 saturated heterocycles. The van der Waals surface area contributed by atoms with Crippen LogP contribution in [-0.4, -0.2) is 45.4 Å². The van der Waals surface area contributed by atoms with Gasteiger partial charge in [-0.2, -0.15) is 0 Å². The van der Waals surface area contributed by atoms with Gasteiger partial charge in [0.1, 0.15) is 0 Å². The second kappa shape index (κ2) is 7.70. The van der Waals surface area contributed by atoms with E-state index in [1.165, 1.54) is 23.5 Å². The van der Waals surface area contributed by atoms with Crippen LogP contribution in [0.5, 0.6) is 0 Å². The molecule has 0 bridgehead atoms. The van der Waals surface area contributed by atoms with Crippen molar-refractivity contribution < 1.29 is 13.2 Å². The minimum Gasteiger partial charge on any atom is -0.336 e. The predicted molar refractivity (Wildman–Crippen MR) is 106 cm³/mol. The van der Waals surface area contributed by atoms with Crippen LogP contribution in [0.2, 0.25) is 0 Å². The molecule has 27 heavy (non-hydrogen) atoms.